The number of hydrogen-bond acceptors (Lipinski definition) is 3. The summed E-state index contributed by atoms with van der Waals surface area (Å²) in [4.78, 5) is 12.3. The van der Waals surface area contributed by atoms with Crippen LogP contribution in [0.1, 0.15) is 23.3 Å². The second-order valence-electron chi connectivity index (χ2n) is 5.26. The molecule has 1 fully saturated rings. The Morgan fingerprint density at radius 1 is 1.39 bits per heavy atom. The van der Waals surface area contributed by atoms with Crippen molar-refractivity contribution in [3.63, 3.8) is 0 Å². The minimum atomic E-state index is -0.308. The maximum atomic E-state index is 13.0. The minimum absolute atomic E-state index is 0. The Morgan fingerprint density at radius 2 is 2.13 bits per heavy atom. The number of nitrogens with one attached hydrogen (secondary N) is 2. The molecule has 1 aliphatic rings. The third kappa shape index (κ3) is 4.31. The molecule has 23 heavy (non-hydrogen) atoms. The summed E-state index contributed by atoms with van der Waals surface area (Å²) in [6, 6.07) is 6.07. The van der Waals surface area contributed by atoms with Crippen LogP contribution in [0, 0.1) is 5.82 Å². The molecule has 2 heterocycles. The molecule has 1 aromatic heterocycles. The molecule has 1 saturated heterocycles. The smallest absolute Gasteiger partial charge is 0.273 e. The summed E-state index contributed by atoms with van der Waals surface area (Å²) >= 11 is 3.36. The van der Waals surface area contributed by atoms with Crippen LogP contribution in [0.2, 0.25) is 0 Å². The molecule has 124 valence electrons. The van der Waals surface area contributed by atoms with E-state index in [-0.39, 0.29) is 30.2 Å². The monoisotopic (exact) mass is 402 g/mol. The predicted octanol–water partition coefficient (Wildman–Crippen LogP) is 2.68. The molecule has 1 atom stereocenters. The fourth-order valence-corrected chi connectivity index (χ4v) is 2.91. The highest BCUT2D eigenvalue weighted by Crippen LogP contribution is 2.18. The quantitative estimate of drug-likeness (QED) is 0.828. The van der Waals surface area contributed by atoms with Gasteiger partial charge in [-0.25, -0.2) is 9.07 Å². The summed E-state index contributed by atoms with van der Waals surface area (Å²) < 4.78 is 15.1. The van der Waals surface area contributed by atoms with Gasteiger partial charge in [-0.15, -0.1) is 12.4 Å². The summed E-state index contributed by atoms with van der Waals surface area (Å²) in [5.41, 5.74) is 1.02. The molecule has 5 nitrogen and oxygen atoms in total. The number of hydrogen-bond donors (Lipinski definition) is 2. The summed E-state index contributed by atoms with van der Waals surface area (Å²) in [5, 5.41) is 10.5. The molecule has 1 aromatic carbocycles. The molecule has 0 radical (unpaired) electrons. The van der Waals surface area contributed by atoms with Crippen molar-refractivity contribution in [1.82, 2.24) is 20.4 Å². The van der Waals surface area contributed by atoms with Crippen molar-refractivity contribution in [2.24, 2.45) is 0 Å². The largest absolute Gasteiger partial charge is 0.347 e. The average molecular weight is 404 g/mol. The number of carbonyl (C=O) groups excluding carboxylic acids is 1. The Morgan fingerprint density at radius 3 is 2.78 bits per heavy atom. The van der Waals surface area contributed by atoms with E-state index in [0.29, 0.717) is 15.9 Å². The topological polar surface area (TPSA) is 59.0 Å². The lowest BCUT2D eigenvalue weighted by molar-refractivity contribution is 0.0924. The molecule has 3 rings (SSSR count). The van der Waals surface area contributed by atoms with Crippen LogP contribution in [0.15, 0.2) is 34.9 Å². The van der Waals surface area contributed by atoms with Gasteiger partial charge in [-0.05, 0) is 59.6 Å². The van der Waals surface area contributed by atoms with Crippen molar-refractivity contribution < 1.29 is 9.18 Å². The van der Waals surface area contributed by atoms with Gasteiger partial charge < -0.3 is 10.6 Å². The van der Waals surface area contributed by atoms with Crippen molar-refractivity contribution in [2.45, 2.75) is 18.9 Å². The van der Waals surface area contributed by atoms with Gasteiger partial charge in [-0.2, -0.15) is 5.10 Å². The molecule has 0 saturated carbocycles. The maximum Gasteiger partial charge on any atom is 0.273 e. The lowest BCUT2D eigenvalue weighted by atomic mass is 10.1. The second kappa shape index (κ2) is 7.90. The Bertz CT molecular complexity index is 671. The summed E-state index contributed by atoms with van der Waals surface area (Å²) in [7, 11) is 0. The third-order valence-corrected chi connectivity index (χ3v) is 4.19. The molecule has 2 N–H and O–H groups in total. The SMILES string of the molecule is Cl.O=C(N[C@H]1CCCNC1)c1nn(-c2ccc(F)cc2)cc1Br. The molecule has 0 aliphatic carbocycles. The molecule has 0 unspecified atom stereocenters. The number of rotatable bonds is 3. The number of aromatic nitrogens is 2. The number of piperidine rings is 1. The summed E-state index contributed by atoms with van der Waals surface area (Å²) in [6.45, 7) is 1.78. The van der Waals surface area contributed by atoms with Gasteiger partial charge in [-0.1, -0.05) is 0 Å². The van der Waals surface area contributed by atoms with Gasteiger partial charge in [0.15, 0.2) is 5.69 Å². The summed E-state index contributed by atoms with van der Waals surface area (Å²) in [6.07, 6.45) is 3.71. The van der Waals surface area contributed by atoms with E-state index in [9.17, 15) is 9.18 Å². The lowest BCUT2D eigenvalue weighted by Gasteiger charge is -2.23. The Hall–Kier alpha value is -1.44. The van der Waals surface area contributed by atoms with Crippen LogP contribution >= 0.6 is 28.3 Å². The van der Waals surface area contributed by atoms with Gasteiger partial charge in [0.2, 0.25) is 0 Å². The number of carbonyl (C=O) groups is 1. The first kappa shape index (κ1) is 17.9. The first-order chi connectivity index (χ1) is 10.6. The third-order valence-electron chi connectivity index (χ3n) is 3.61. The van der Waals surface area contributed by atoms with Crippen LogP contribution in [0.3, 0.4) is 0 Å². The Labute approximate surface area is 148 Å². The number of benzene rings is 1. The van der Waals surface area contributed by atoms with Crippen LogP contribution in [-0.2, 0) is 0 Å². The molecule has 1 amide bonds. The molecular formula is C15H17BrClFN4O. The number of amides is 1. The van der Waals surface area contributed by atoms with E-state index in [4.69, 9.17) is 0 Å². The Kier molecular flexibility index (Phi) is 6.15. The van der Waals surface area contributed by atoms with Crippen LogP contribution in [0.5, 0.6) is 0 Å². The van der Waals surface area contributed by atoms with Crippen LogP contribution in [0.25, 0.3) is 5.69 Å². The highest BCUT2D eigenvalue weighted by Gasteiger charge is 2.20. The van der Waals surface area contributed by atoms with Gasteiger partial charge >= 0.3 is 0 Å². The van der Waals surface area contributed by atoms with Crippen molar-refractivity contribution in [2.75, 3.05) is 13.1 Å². The number of nitrogens with zero attached hydrogens (tertiary/aromatic N) is 2. The van der Waals surface area contributed by atoms with Crippen molar-refractivity contribution in [3.05, 3.63) is 46.4 Å². The molecule has 2 aromatic rings. The second-order valence-corrected chi connectivity index (χ2v) is 6.12. The molecule has 8 heteroatoms. The lowest BCUT2D eigenvalue weighted by Crippen LogP contribution is -2.45. The summed E-state index contributed by atoms with van der Waals surface area (Å²) in [5.74, 6) is -0.515. The number of halogens is 3. The normalized spacial score (nSPS) is 17.4. The zero-order valence-corrected chi connectivity index (χ0v) is 14.7. The van der Waals surface area contributed by atoms with Gasteiger partial charge in [-0.3, -0.25) is 4.79 Å². The van der Waals surface area contributed by atoms with E-state index in [1.807, 2.05) is 0 Å². The van der Waals surface area contributed by atoms with E-state index in [0.717, 1.165) is 25.9 Å². The molecule has 0 bridgehead atoms. The first-order valence-corrected chi connectivity index (χ1v) is 7.95. The van der Waals surface area contributed by atoms with Crippen molar-refractivity contribution in [3.8, 4) is 5.69 Å². The van der Waals surface area contributed by atoms with E-state index < -0.39 is 0 Å². The molecule has 1 aliphatic heterocycles. The van der Waals surface area contributed by atoms with E-state index in [2.05, 4.69) is 31.7 Å². The maximum absolute atomic E-state index is 13.0. The highest BCUT2D eigenvalue weighted by molar-refractivity contribution is 9.10. The van der Waals surface area contributed by atoms with Crippen LogP contribution in [-0.4, -0.2) is 34.8 Å². The van der Waals surface area contributed by atoms with Crippen LogP contribution in [0.4, 0.5) is 4.39 Å². The zero-order valence-electron chi connectivity index (χ0n) is 12.3. The predicted molar refractivity (Wildman–Crippen MR) is 91.8 cm³/mol. The van der Waals surface area contributed by atoms with Gasteiger partial charge in [0.25, 0.3) is 5.91 Å². The van der Waals surface area contributed by atoms with E-state index in [1.165, 1.54) is 12.1 Å². The minimum Gasteiger partial charge on any atom is -0.347 e. The molecular weight excluding hydrogens is 387 g/mol. The van der Waals surface area contributed by atoms with Gasteiger partial charge in [0.1, 0.15) is 5.82 Å². The van der Waals surface area contributed by atoms with Gasteiger partial charge in [0.05, 0.1) is 10.2 Å². The fraction of sp³-hybridized carbons (Fsp3) is 0.333. The molecule has 0 spiro atoms. The zero-order chi connectivity index (χ0) is 15.5. The first-order valence-electron chi connectivity index (χ1n) is 7.16. The van der Waals surface area contributed by atoms with E-state index >= 15 is 0 Å². The van der Waals surface area contributed by atoms with E-state index in [1.54, 1.807) is 23.0 Å². The van der Waals surface area contributed by atoms with Crippen LogP contribution < -0.4 is 10.6 Å². The standard InChI is InChI=1S/C15H16BrFN4O.ClH/c16-13-9-21(12-5-3-10(17)4-6-12)20-14(13)15(22)19-11-2-1-7-18-8-11;/h3-6,9,11,18H,1-2,7-8H2,(H,19,22);1H/t11-;/m0./s1. The van der Waals surface area contributed by atoms with Crippen molar-refractivity contribution in [1.29, 1.82) is 0 Å². The Balaban J connectivity index is 0.00000192. The fourth-order valence-electron chi connectivity index (χ4n) is 2.46. The highest BCUT2D eigenvalue weighted by atomic mass is 79.9. The average Bonchev–Trinajstić information content (AvgIpc) is 2.91. The van der Waals surface area contributed by atoms with Gasteiger partial charge in [0, 0.05) is 18.8 Å². The van der Waals surface area contributed by atoms with Crippen molar-refractivity contribution >= 4 is 34.2 Å².